The van der Waals surface area contributed by atoms with Gasteiger partial charge in [0, 0.05) is 45.0 Å². The Bertz CT molecular complexity index is 1190. The van der Waals surface area contributed by atoms with Gasteiger partial charge in [-0.1, -0.05) is 12.1 Å². The van der Waals surface area contributed by atoms with E-state index in [2.05, 4.69) is 5.32 Å². The van der Waals surface area contributed by atoms with Crippen LogP contribution < -0.4 is 21.7 Å². The second-order valence-electron chi connectivity index (χ2n) is 8.48. The molecule has 0 aliphatic carbocycles. The molecular weight excluding hydrogens is 454 g/mol. The Morgan fingerprint density at radius 1 is 0.886 bits per heavy atom. The predicted molar refractivity (Wildman–Crippen MR) is 133 cm³/mol. The quantitative estimate of drug-likeness (QED) is 0.335. The zero-order chi connectivity index (χ0) is 25.1. The van der Waals surface area contributed by atoms with E-state index in [4.69, 9.17) is 22.3 Å². The van der Waals surface area contributed by atoms with Gasteiger partial charge in [-0.3, -0.25) is 15.6 Å². The molecule has 0 atom stereocenters. The monoisotopic (exact) mass is 482 g/mol. The van der Waals surface area contributed by atoms with Gasteiger partial charge in [0.1, 0.15) is 11.6 Å². The van der Waals surface area contributed by atoms with E-state index in [1.807, 2.05) is 11.0 Å². The van der Waals surface area contributed by atoms with Gasteiger partial charge in [-0.2, -0.15) is 0 Å². The van der Waals surface area contributed by atoms with Gasteiger partial charge in [-0.15, -0.1) is 0 Å². The fraction of sp³-hybridized carbons (Fsp3) is 0.292. The number of anilines is 2. The number of rotatable bonds is 4. The first-order valence-corrected chi connectivity index (χ1v) is 11.3. The number of hydrogen-bond donors (Lipinski definition) is 5. The number of hydrogen-bond acceptors (Lipinski definition) is 4. The van der Waals surface area contributed by atoms with E-state index < -0.39 is 17.5 Å². The fourth-order valence-corrected chi connectivity index (χ4v) is 4.28. The highest BCUT2D eigenvalue weighted by Crippen LogP contribution is 2.26. The zero-order valence-corrected chi connectivity index (χ0v) is 19.2. The summed E-state index contributed by atoms with van der Waals surface area (Å²) in [6, 6.07) is 8.77. The average Bonchev–Trinajstić information content (AvgIpc) is 2.84. The van der Waals surface area contributed by atoms with E-state index in [-0.39, 0.29) is 23.2 Å². The summed E-state index contributed by atoms with van der Waals surface area (Å²) >= 11 is 0. The summed E-state index contributed by atoms with van der Waals surface area (Å²) in [5, 5.41) is 17.5. The Balaban J connectivity index is 1.41. The summed E-state index contributed by atoms with van der Waals surface area (Å²) in [5.41, 5.74) is 13.1. The molecule has 35 heavy (non-hydrogen) atoms. The van der Waals surface area contributed by atoms with Crippen molar-refractivity contribution in [3.05, 3.63) is 65.2 Å². The van der Waals surface area contributed by atoms with Crippen LogP contribution in [-0.4, -0.2) is 66.9 Å². The smallest absolute Gasteiger partial charge is 0.258 e. The van der Waals surface area contributed by atoms with Gasteiger partial charge < -0.3 is 31.5 Å². The number of guanidine groups is 2. The van der Waals surface area contributed by atoms with E-state index in [0.717, 1.165) is 5.57 Å². The highest BCUT2D eigenvalue weighted by Gasteiger charge is 2.21. The molecule has 2 aliphatic rings. The van der Waals surface area contributed by atoms with E-state index in [1.54, 1.807) is 28.0 Å². The molecule has 1 fully saturated rings. The third kappa shape index (κ3) is 5.34. The first-order chi connectivity index (χ1) is 16.7. The minimum atomic E-state index is -0.671. The molecule has 7 N–H and O–H groups in total. The normalized spacial score (nSPS) is 16.1. The van der Waals surface area contributed by atoms with Crippen LogP contribution in [0.15, 0.2) is 42.5 Å². The van der Waals surface area contributed by atoms with Crippen LogP contribution >= 0.6 is 0 Å². The number of carbonyl (C=O) groups is 1. The van der Waals surface area contributed by atoms with Crippen molar-refractivity contribution in [1.82, 2.24) is 9.80 Å². The molecule has 0 bridgehead atoms. The summed E-state index contributed by atoms with van der Waals surface area (Å²) in [6.45, 7) is 3.12. The molecule has 4 rings (SSSR count). The molecule has 2 heterocycles. The summed E-state index contributed by atoms with van der Waals surface area (Å²) in [4.78, 5) is 17.9. The number of benzene rings is 2. The van der Waals surface area contributed by atoms with Gasteiger partial charge in [-0.05, 0) is 47.9 Å². The summed E-state index contributed by atoms with van der Waals surface area (Å²) in [5.74, 6) is -1.84. The number of piperazine rings is 1. The topological polar surface area (TPSA) is 139 Å². The van der Waals surface area contributed by atoms with Gasteiger partial charge in [0.15, 0.2) is 11.9 Å². The van der Waals surface area contributed by atoms with Crippen molar-refractivity contribution in [3.8, 4) is 0 Å². The molecule has 0 unspecified atom stereocenters. The SMILES string of the molecule is N=C(N)N1CC=C(c2ccc(C(=O)Nc3ccc(N4CCN(C(=N)N)CC4)c(F)c3)c(F)c2)CC1. The summed E-state index contributed by atoms with van der Waals surface area (Å²) in [6.07, 6.45) is 2.50. The Kier molecular flexibility index (Phi) is 6.85. The lowest BCUT2D eigenvalue weighted by Crippen LogP contribution is -2.51. The lowest BCUT2D eigenvalue weighted by atomic mass is 9.98. The van der Waals surface area contributed by atoms with Crippen LogP contribution in [0.5, 0.6) is 0 Å². The average molecular weight is 483 g/mol. The van der Waals surface area contributed by atoms with E-state index in [9.17, 15) is 13.6 Å². The fourth-order valence-electron chi connectivity index (χ4n) is 4.28. The Morgan fingerprint density at radius 2 is 1.60 bits per heavy atom. The molecule has 0 spiro atoms. The molecule has 1 saturated heterocycles. The second-order valence-corrected chi connectivity index (χ2v) is 8.48. The zero-order valence-electron chi connectivity index (χ0n) is 19.2. The molecule has 2 aliphatic heterocycles. The molecule has 184 valence electrons. The minimum absolute atomic E-state index is 0.00135. The van der Waals surface area contributed by atoms with Crippen LogP contribution in [0.4, 0.5) is 20.2 Å². The minimum Gasteiger partial charge on any atom is -0.370 e. The third-order valence-electron chi connectivity index (χ3n) is 6.30. The first-order valence-electron chi connectivity index (χ1n) is 11.3. The molecule has 2 aromatic rings. The summed E-state index contributed by atoms with van der Waals surface area (Å²) in [7, 11) is 0. The maximum Gasteiger partial charge on any atom is 0.258 e. The third-order valence-corrected chi connectivity index (χ3v) is 6.30. The standard InChI is InChI=1S/C24H28F2N8O/c25-19-13-16(15-5-7-33(8-6-15)23(27)28)1-3-18(19)22(35)31-17-2-4-21(20(26)14-17)32-9-11-34(12-10-32)24(29)30/h1-5,13-14H,6-12H2,(H3,27,28)(H3,29,30)(H,31,35). The molecule has 9 nitrogen and oxygen atoms in total. The van der Waals surface area contributed by atoms with Gasteiger partial charge in [-0.25, -0.2) is 8.78 Å². The Hall–Kier alpha value is -4.15. The lowest BCUT2D eigenvalue weighted by Gasteiger charge is -2.36. The van der Waals surface area contributed by atoms with Crippen molar-refractivity contribution < 1.29 is 13.6 Å². The van der Waals surface area contributed by atoms with E-state index >= 15 is 0 Å². The van der Waals surface area contributed by atoms with Crippen molar-refractivity contribution in [2.45, 2.75) is 6.42 Å². The van der Waals surface area contributed by atoms with Crippen molar-refractivity contribution in [1.29, 1.82) is 10.8 Å². The van der Waals surface area contributed by atoms with E-state index in [1.165, 1.54) is 18.2 Å². The molecule has 1 amide bonds. The van der Waals surface area contributed by atoms with Crippen LogP contribution in [0.3, 0.4) is 0 Å². The van der Waals surface area contributed by atoms with Crippen molar-refractivity contribution in [3.63, 3.8) is 0 Å². The number of halogens is 2. The van der Waals surface area contributed by atoms with Crippen LogP contribution in [0.1, 0.15) is 22.3 Å². The molecule has 0 radical (unpaired) electrons. The Labute approximate surface area is 202 Å². The highest BCUT2D eigenvalue weighted by atomic mass is 19.1. The van der Waals surface area contributed by atoms with Crippen LogP contribution in [0, 0.1) is 22.5 Å². The number of nitrogens with zero attached hydrogens (tertiary/aromatic N) is 3. The largest absolute Gasteiger partial charge is 0.370 e. The Morgan fingerprint density at radius 3 is 2.17 bits per heavy atom. The number of nitrogens with one attached hydrogen (secondary N) is 3. The van der Waals surface area contributed by atoms with Crippen LogP contribution in [0.25, 0.3) is 5.57 Å². The van der Waals surface area contributed by atoms with Crippen molar-refractivity contribution >= 4 is 34.8 Å². The van der Waals surface area contributed by atoms with Crippen molar-refractivity contribution in [2.75, 3.05) is 49.5 Å². The van der Waals surface area contributed by atoms with Gasteiger partial charge >= 0.3 is 0 Å². The number of amides is 1. The van der Waals surface area contributed by atoms with Gasteiger partial charge in [0.25, 0.3) is 5.91 Å². The van der Waals surface area contributed by atoms with Crippen molar-refractivity contribution in [2.24, 2.45) is 11.5 Å². The number of nitrogens with two attached hydrogens (primary N) is 2. The second kappa shape index (κ2) is 10.00. The highest BCUT2D eigenvalue weighted by molar-refractivity contribution is 6.04. The predicted octanol–water partition coefficient (Wildman–Crippen LogP) is 2.22. The lowest BCUT2D eigenvalue weighted by molar-refractivity contribution is 0.102. The van der Waals surface area contributed by atoms with Gasteiger partial charge in [0.05, 0.1) is 11.3 Å². The first kappa shape index (κ1) is 24.0. The van der Waals surface area contributed by atoms with E-state index in [0.29, 0.717) is 56.9 Å². The van der Waals surface area contributed by atoms with Crippen LogP contribution in [-0.2, 0) is 0 Å². The number of carbonyl (C=O) groups excluding carboxylic acids is 1. The molecule has 2 aromatic carbocycles. The molecule has 11 heteroatoms. The molecule has 0 aromatic heterocycles. The van der Waals surface area contributed by atoms with Crippen LogP contribution in [0.2, 0.25) is 0 Å². The maximum absolute atomic E-state index is 14.8. The molecule has 0 saturated carbocycles. The summed E-state index contributed by atoms with van der Waals surface area (Å²) < 4.78 is 29.6. The maximum atomic E-state index is 14.8. The van der Waals surface area contributed by atoms with Gasteiger partial charge in [0.2, 0.25) is 0 Å². The molecular formula is C24H28F2N8O.